The van der Waals surface area contributed by atoms with Crippen LogP contribution in [0.1, 0.15) is 16.6 Å². The van der Waals surface area contributed by atoms with Gasteiger partial charge in [0.15, 0.2) is 5.13 Å². The second kappa shape index (κ2) is 6.43. The lowest BCUT2D eigenvalue weighted by atomic mass is 10.3. The molecule has 8 heteroatoms. The number of rotatable bonds is 4. The fourth-order valence-corrected chi connectivity index (χ4v) is 2.83. The van der Waals surface area contributed by atoms with Gasteiger partial charge in [-0.25, -0.2) is 4.98 Å². The summed E-state index contributed by atoms with van der Waals surface area (Å²) in [6.07, 6.45) is 0. The number of aromatic nitrogens is 1. The van der Waals surface area contributed by atoms with E-state index >= 15 is 0 Å². The second-order valence-electron chi connectivity index (χ2n) is 3.85. The molecular weight excluding hydrogens is 364 g/mol. The maximum Gasteiger partial charge on any atom is 0.269 e. The van der Waals surface area contributed by atoms with Crippen molar-refractivity contribution in [3.05, 3.63) is 32.6 Å². The van der Waals surface area contributed by atoms with Gasteiger partial charge >= 0.3 is 0 Å². The van der Waals surface area contributed by atoms with Gasteiger partial charge in [0.1, 0.15) is 10.7 Å². The summed E-state index contributed by atoms with van der Waals surface area (Å²) in [5.74, 6) is -0.0742. The molecule has 0 unspecified atom stereocenters. The fourth-order valence-electron chi connectivity index (χ4n) is 1.48. The summed E-state index contributed by atoms with van der Waals surface area (Å²) < 4.78 is 0.711. The highest BCUT2D eigenvalue weighted by atomic mass is 79.9. The third-order valence-electron chi connectivity index (χ3n) is 2.37. The van der Waals surface area contributed by atoms with Crippen LogP contribution in [0.25, 0.3) is 0 Å². The highest BCUT2D eigenvalue weighted by Crippen LogP contribution is 2.28. The number of thiazole rings is 1. The molecule has 0 atom stereocenters. The number of nitrogens with zero attached hydrogens (tertiary/aromatic N) is 1. The zero-order chi connectivity index (χ0) is 14.7. The molecule has 1 aromatic carbocycles. The first-order valence-electron chi connectivity index (χ1n) is 5.77. The molecule has 106 valence electrons. The molecular formula is C12H12BrClN4OS. The van der Waals surface area contributed by atoms with Gasteiger partial charge in [-0.05, 0) is 41.1 Å². The summed E-state index contributed by atoms with van der Waals surface area (Å²) in [6.45, 7) is 2.67. The molecule has 1 amide bonds. The molecule has 20 heavy (non-hydrogen) atoms. The normalized spacial score (nSPS) is 10.3. The molecule has 2 aromatic rings. The van der Waals surface area contributed by atoms with Gasteiger partial charge in [-0.2, -0.15) is 0 Å². The number of hydrogen-bond acceptors (Lipinski definition) is 5. The average Bonchev–Trinajstić information content (AvgIpc) is 2.75. The van der Waals surface area contributed by atoms with Crippen LogP contribution < -0.4 is 16.4 Å². The van der Waals surface area contributed by atoms with E-state index in [1.165, 1.54) is 11.3 Å². The Bertz CT molecular complexity index is 646. The van der Waals surface area contributed by atoms with Crippen molar-refractivity contribution in [1.82, 2.24) is 4.98 Å². The SMILES string of the molecule is CCNc1nc(N)c(C(=O)Nc2ccc(Cl)c(Br)c2)s1. The Balaban J connectivity index is 2.17. The van der Waals surface area contributed by atoms with Crippen molar-refractivity contribution < 1.29 is 4.79 Å². The Kier molecular flexibility index (Phi) is 4.85. The molecule has 2 rings (SSSR count). The average molecular weight is 376 g/mol. The number of nitrogens with one attached hydrogen (secondary N) is 2. The third kappa shape index (κ3) is 3.41. The summed E-state index contributed by atoms with van der Waals surface area (Å²) >= 11 is 10.4. The van der Waals surface area contributed by atoms with Gasteiger partial charge in [0, 0.05) is 16.7 Å². The first-order valence-corrected chi connectivity index (χ1v) is 7.76. The van der Waals surface area contributed by atoms with Gasteiger partial charge in [0.25, 0.3) is 5.91 Å². The molecule has 0 spiro atoms. The first-order chi connectivity index (χ1) is 9.51. The molecule has 0 fully saturated rings. The fraction of sp³-hybridized carbons (Fsp3) is 0.167. The monoisotopic (exact) mass is 374 g/mol. The van der Waals surface area contributed by atoms with Crippen LogP contribution in [-0.4, -0.2) is 17.4 Å². The predicted octanol–water partition coefficient (Wildman–Crippen LogP) is 3.83. The van der Waals surface area contributed by atoms with Gasteiger partial charge in [0.05, 0.1) is 5.02 Å². The van der Waals surface area contributed by atoms with E-state index in [2.05, 4.69) is 31.5 Å². The minimum Gasteiger partial charge on any atom is -0.382 e. The smallest absolute Gasteiger partial charge is 0.269 e. The predicted molar refractivity (Wildman–Crippen MR) is 87.8 cm³/mol. The lowest BCUT2D eigenvalue weighted by Gasteiger charge is -2.05. The molecule has 0 aliphatic heterocycles. The molecule has 0 saturated heterocycles. The van der Waals surface area contributed by atoms with Crippen LogP contribution in [0.15, 0.2) is 22.7 Å². The topological polar surface area (TPSA) is 80.0 Å². The minimum atomic E-state index is -0.293. The Hall–Kier alpha value is -1.31. The lowest BCUT2D eigenvalue weighted by molar-refractivity contribution is 0.103. The van der Waals surface area contributed by atoms with Crippen molar-refractivity contribution in [2.75, 3.05) is 22.9 Å². The van der Waals surface area contributed by atoms with E-state index in [1.54, 1.807) is 18.2 Å². The van der Waals surface area contributed by atoms with Crippen LogP contribution >= 0.6 is 38.9 Å². The van der Waals surface area contributed by atoms with Crippen LogP contribution in [0.4, 0.5) is 16.6 Å². The van der Waals surface area contributed by atoms with Crippen molar-refractivity contribution >= 4 is 61.4 Å². The second-order valence-corrected chi connectivity index (χ2v) is 6.11. The van der Waals surface area contributed by atoms with Crippen LogP contribution in [0, 0.1) is 0 Å². The van der Waals surface area contributed by atoms with Crippen molar-refractivity contribution in [2.24, 2.45) is 0 Å². The first kappa shape index (κ1) is 15.1. The van der Waals surface area contributed by atoms with Gasteiger partial charge in [-0.3, -0.25) is 4.79 Å². The van der Waals surface area contributed by atoms with E-state index in [9.17, 15) is 4.79 Å². The number of carbonyl (C=O) groups is 1. The summed E-state index contributed by atoms with van der Waals surface area (Å²) in [6, 6.07) is 5.14. The van der Waals surface area contributed by atoms with Crippen molar-refractivity contribution in [3.63, 3.8) is 0 Å². The maximum absolute atomic E-state index is 12.2. The van der Waals surface area contributed by atoms with E-state index in [4.69, 9.17) is 17.3 Å². The third-order valence-corrected chi connectivity index (χ3v) is 4.61. The number of benzene rings is 1. The van der Waals surface area contributed by atoms with Crippen molar-refractivity contribution in [3.8, 4) is 0 Å². The Morgan fingerprint density at radius 1 is 1.55 bits per heavy atom. The molecule has 0 saturated carbocycles. The molecule has 0 radical (unpaired) electrons. The minimum absolute atomic E-state index is 0.219. The summed E-state index contributed by atoms with van der Waals surface area (Å²) in [5, 5.41) is 6.99. The van der Waals surface area contributed by atoms with E-state index in [-0.39, 0.29) is 11.7 Å². The van der Waals surface area contributed by atoms with Crippen LogP contribution in [0.5, 0.6) is 0 Å². The van der Waals surface area contributed by atoms with E-state index in [1.807, 2.05) is 6.92 Å². The van der Waals surface area contributed by atoms with Gasteiger partial charge in [-0.15, -0.1) is 0 Å². The number of nitrogen functional groups attached to an aromatic ring is 1. The standard InChI is InChI=1S/C12H12BrClN4OS/c1-2-16-12-18-10(15)9(20-12)11(19)17-6-3-4-8(14)7(13)5-6/h3-5H,2,15H2,1H3,(H,16,18)(H,17,19). The van der Waals surface area contributed by atoms with Crippen molar-refractivity contribution in [1.29, 1.82) is 0 Å². The summed E-state index contributed by atoms with van der Waals surface area (Å²) in [5.41, 5.74) is 6.38. The Labute approximate surface area is 133 Å². The molecule has 5 nitrogen and oxygen atoms in total. The molecule has 0 aliphatic carbocycles. The van der Waals surface area contributed by atoms with E-state index < -0.39 is 0 Å². The number of anilines is 3. The number of halogens is 2. The molecule has 1 aromatic heterocycles. The molecule has 0 aliphatic rings. The van der Waals surface area contributed by atoms with E-state index in [0.29, 0.717) is 25.2 Å². The van der Waals surface area contributed by atoms with Gasteiger partial charge in [-0.1, -0.05) is 22.9 Å². The van der Waals surface area contributed by atoms with Crippen molar-refractivity contribution in [2.45, 2.75) is 6.92 Å². The Morgan fingerprint density at radius 2 is 2.30 bits per heavy atom. The van der Waals surface area contributed by atoms with Crippen LogP contribution in [0.2, 0.25) is 5.02 Å². The summed E-state index contributed by atoms with van der Waals surface area (Å²) in [7, 11) is 0. The number of amides is 1. The lowest BCUT2D eigenvalue weighted by Crippen LogP contribution is -2.12. The number of hydrogen-bond donors (Lipinski definition) is 3. The highest BCUT2D eigenvalue weighted by molar-refractivity contribution is 9.10. The highest BCUT2D eigenvalue weighted by Gasteiger charge is 2.16. The van der Waals surface area contributed by atoms with Gasteiger partial charge < -0.3 is 16.4 Å². The zero-order valence-electron chi connectivity index (χ0n) is 10.5. The zero-order valence-corrected chi connectivity index (χ0v) is 13.7. The molecule has 1 heterocycles. The maximum atomic E-state index is 12.2. The quantitative estimate of drug-likeness (QED) is 0.759. The molecule has 0 bridgehead atoms. The van der Waals surface area contributed by atoms with Crippen LogP contribution in [-0.2, 0) is 0 Å². The van der Waals surface area contributed by atoms with Gasteiger partial charge in [0.2, 0.25) is 0 Å². The summed E-state index contributed by atoms with van der Waals surface area (Å²) in [4.78, 5) is 16.6. The van der Waals surface area contributed by atoms with E-state index in [0.717, 1.165) is 6.54 Å². The Morgan fingerprint density at radius 3 is 2.95 bits per heavy atom. The molecule has 4 N–H and O–H groups in total. The van der Waals surface area contributed by atoms with Crippen LogP contribution in [0.3, 0.4) is 0 Å². The largest absolute Gasteiger partial charge is 0.382 e. The number of carbonyl (C=O) groups excluding carboxylic acids is 1. The number of nitrogens with two attached hydrogens (primary N) is 1.